The number of pyridine rings is 1. The fraction of sp³-hybridized carbons (Fsp3) is 0.500. The molecule has 0 fully saturated rings. The number of halogens is 3. The van der Waals surface area contributed by atoms with Crippen LogP contribution in [0.15, 0.2) is 12.1 Å². The maximum Gasteiger partial charge on any atom is 0.433 e. The molecule has 1 unspecified atom stereocenters. The molecule has 1 aromatic rings. The summed E-state index contributed by atoms with van der Waals surface area (Å²) in [5, 5.41) is 14.6. The molecule has 1 atom stereocenters. The van der Waals surface area contributed by atoms with Crippen LogP contribution >= 0.6 is 0 Å². The third-order valence-corrected chi connectivity index (χ3v) is 2.48. The Labute approximate surface area is 109 Å². The first-order chi connectivity index (χ1) is 8.88. The zero-order chi connectivity index (χ0) is 14.5. The lowest BCUT2D eigenvalue weighted by molar-refractivity contribution is -0.141. The molecule has 1 heterocycles. The van der Waals surface area contributed by atoms with Gasteiger partial charge in [-0.1, -0.05) is 6.92 Å². The summed E-state index contributed by atoms with van der Waals surface area (Å²) in [6.45, 7) is 3.08. The molecule has 0 aliphatic carbocycles. The number of nitriles is 1. The second kappa shape index (κ2) is 6.38. The van der Waals surface area contributed by atoms with Crippen LogP contribution in [0.4, 0.5) is 19.0 Å². The molecule has 1 aromatic heterocycles. The number of nitrogens with zero attached hydrogens (tertiary/aromatic N) is 2. The third-order valence-electron chi connectivity index (χ3n) is 2.48. The van der Waals surface area contributed by atoms with Crippen LogP contribution in [0.2, 0.25) is 0 Å². The van der Waals surface area contributed by atoms with E-state index in [2.05, 4.69) is 15.6 Å². The predicted octanol–water partition coefficient (Wildman–Crippen LogP) is 2.24. The Balaban J connectivity index is 2.89. The van der Waals surface area contributed by atoms with Crippen LogP contribution in [0.5, 0.6) is 0 Å². The number of alkyl halides is 3. The predicted molar refractivity (Wildman–Crippen MR) is 65.5 cm³/mol. The topological polar surface area (TPSA) is 60.7 Å². The van der Waals surface area contributed by atoms with E-state index in [4.69, 9.17) is 5.26 Å². The van der Waals surface area contributed by atoms with Gasteiger partial charge in [-0.3, -0.25) is 0 Å². The molecule has 0 saturated carbocycles. The SMILES string of the molecule is CNCC(C)CNc1nc(C(F)(F)F)ccc1C#N. The third kappa shape index (κ3) is 4.41. The number of anilines is 1. The monoisotopic (exact) mass is 272 g/mol. The summed E-state index contributed by atoms with van der Waals surface area (Å²) < 4.78 is 37.6. The number of rotatable bonds is 5. The summed E-state index contributed by atoms with van der Waals surface area (Å²) in [4.78, 5) is 3.47. The van der Waals surface area contributed by atoms with Crippen LogP contribution < -0.4 is 10.6 Å². The van der Waals surface area contributed by atoms with Crippen LogP contribution in [-0.4, -0.2) is 25.1 Å². The molecule has 7 heteroatoms. The van der Waals surface area contributed by atoms with Gasteiger partial charge in [-0.25, -0.2) is 4.98 Å². The van der Waals surface area contributed by atoms with E-state index in [1.165, 1.54) is 0 Å². The maximum absolute atomic E-state index is 12.5. The van der Waals surface area contributed by atoms with E-state index in [9.17, 15) is 13.2 Å². The fourth-order valence-corrected chi connectivity index (χ4v) is 1.53. The van der Waals surface area contributed by atoms with Gasteiger partial charge in [0.1, 0.15) is 17.6 Å². The van der Waals surface area contributed by atoms with Gasteiger partial charge in [-0.15, -0.1) is 0 Å². The standard InChI is InChI=1S/C12H15F3N4/c1-8(6-17-2)7-18-11-9(5-16)3-4-10(19-11)12(13,14)15/h3-4,8,17H,6-7H2,1-2H3,(H,18,19). The molecule has 104 valence electrons. The molecule has 0 bridgehead atoms. The first-order valence-corrected chi connectivity index (χ1v) is 5.75. The minimum absolute atomic E-state index is 0.0275. The highest BCUT2D eigenvalue weighted by Gasteiger charge is 2.33. The Bertz CT molecular complexity index is 465. The Hall–Kier alpha value is -1.81. The molecule has 4 nitrogen and oxygen atoms in total. The van der Waals surface area contributed by atoms with E-state index >= 15 is 0 Å². The van der Waals surface area contributed by atoms with Gasteiger partial charge in [-0.05, 0) is 31.6 Å². The number of aromatic nitrogens is 1. The van der Waals surface area contributed by atoms with Crippen LogP contribution in [0, 0.1) is 17.2 Å². The summed E-state index contributed by atoms with van der Waals surface area (Å²) in [5.74, 6) is 0.174. The molecule has 0 spiro atoms. The molecule has 0 aliphatic heterocycles. The van der Waals surface area contributed by atoms with Gasteiger partial charge < -0.3 is 10.6 Å². The van der Waals surface area contributed by atoms with E-state index in [0.717, 1.165) is 12.1 Å². The Kier molecular flexibility index (Phi) is 5.12. The molecule has 0 saturated heterocycles. The molecule has 1 rings (SSSR count). The van der Waals surface area contributed by atoms with Gasteiger partial charge in [-0.2, -0.15) is 18.4 Å². The zero-order valence-corrected chi connectivity index (χ0v) is 10.7. The van der Waals surface area contributed by atoms with Gasteiger partial charge in [0.25, 0.3) is 0 Å². The van der Waals surface area contributed by atoms with Crippen molar-refractivity contribution in [3.63, 3.8) is 0 Å². The maximum atomic E-state index is 12.5. The molecular formula is C12H15F3N4. The van der Waals surface area contributed by atoms with Crippen molar-refractivity contribution >= 4 is 5.82 Å². The lowest BCUT2D eigenvalue weighted by Gasteiger charge is -2.14. The number of hydrogen-bond acceptors (Lipinski definition) is 4. The molecule has 19 heavy (non-hydrogen) atoms. The Morgan fingerprint density at radius 3 is 2.58 bits per heavy atom. The summed E-state index contributed by atoms with van der Waals surface area (Å²) in [5.41, 5.74) is -0.903. The van der Waals surface area contributed by atoms with Crippen LogP contribution in [-0.2, 0) is 6.18 Å². The van der Waals surface area contributed by atoms with Crippen molar-refractivity contribution in [3.05, 3.63) is 23.4 Å². The van der Waals surface area contributed by atoms with E-state index in [1.54, 1.807) is 7.05 Å². The van der Waals surface area contributed by atoms with Crippen LogP contribution in [0.3, 0.4) is 0 Å². The molecular weight excluding hydrogens is 257 g/mol. The van der Waals surface area contributed by atoms with Gasteiger partial charge in [0.05, 0.1) is 5.56 Å². The van der Waals surface area contributed by atoms with Crippen molar-refractivity contribution in [3.8, 4) is 6.07 Å². The van der Waals surface area contributed by atoms with E-state index in [0.29, 0.717) is 13.1 Å². The number of hydrogen-bond donors (Lipinski definition) is 2. The first kappa shape index (κ1) is 15.2. The normalized spacial score (nSPS) is 12.8. The largest absolute Gasteiger partial charge is 0.433 e. The molecule has 2 N–H and O–H groups in total. The second-order valence-corrected chi connectivity index (χ2v) is 4.25. The summed E-state index contributed by atoms with van der Waals surface area (Å²) in [7, 11) is 1.79. The molecule has 0 aromatic carbocycles. The van der Waals surface area contributed by atoms with Crippen molar-refractivity contribution in [1.29, 1.82) is 5.26 Å². The van der Waals surface area contributed by atoms with E-state index in [1.807, 2.05) is 13.0 Å². The zero-order valence-electron chi connectivity index (χ0n) is 10.7. The highest BCUT2D eigenvalue weighted by atomic mass is 19.4. The highest BCUT2D eigenvalue weighted by molar-refractivity contribution is 5.52. The van der Waals surface area contributed by atoms with Gasteiger partial charge in [0, 0.05) is 6.54 Å². The van der Waals surface area contributed by atoms with Crippen molar-refractivity contribution in [2.24, 2.45) is 5.92 Å². The van der Waals surface area contributed by atoms with Gasteiger partial charge >= 0.3 is 6.18 Å². The lowest BCUT2D eigenvalue weighted by atomic mass is 10.1. The fourth-order valence-electron chi connectivity index (χ4n) is 1.53. The minimum atomic E-state index is -4.51. The average molecular weight is 272 g/mol. The Morgan fingerprint density at radius 2 is 2.05 bits per heavy atom. The van der Waals surface area contributed by atoms with Crippen molar-refractivity contribution in [2.75, 3.05) is 25.5 Å². The molecule has 0 aliphatic rings. The van der Waals surface area contributed by atoms with Gasteiger partial charge in [0.15, 0.2) is 0 Å². The smallest absolute Gasteiger partial charge is 0.369 e. The molecule has 0 amide bonds. The van der Waals surface area contributed by atoms with Crippen LogP contribution in [0.25, 0.3) is 0 Å². The average Bonchev–Trinajstić information content (AvgIpc) is 2.35. The summed E-state index contributed by atoms with van der Waals surface area (Å²) >= 11 is 0. The van der Waals surface area contributed by atoms with E-state index < -0.39 is 11.9 Å². The number of nitrogens with one attached hydrogen (secondary N) is 2. The first-order valence-electron chi connectivity index (χ1n) is 5.75. The second-order valence-electron chi connectivity index (χ2n) is 4.25. The molecule has 0 radical (unpaired) electrons. The lowest BCUT2D eigenvalue weighted by Crippen LogP contribution is -2.23. The van der Waals surface area contributed by atoms with Crippen LogP contribution in [0.1, 0.15) is 18.2 Å². The minimum Gasteiger partial charge on any atom is -0.369 e. The summed E-state index contributed by atoms with van der Waals surface area (Å²) in [6, 6.07) is 3.75. The van der Waals surface area contributed by atoms with E-state index in [-0.39, 0.29) is 17.3 Å². The Morgan fingerprint density at radius 1 is 1.37 bits per heavy atom. The summed E-state index contributed by atoms with van der Waals surface area (Å²) in [6.07, 6.45) is -4.51. The van der Waals surface area contributed by atoms with Crippen molar-refractivity contribution < 1.29 is 13.2 Å². The highest BCUT2D eigenvalue weighted by Crippen LogP contribution is 2.29. The quantitative estimate of drug-likeness (QED) is 0.863. The van der Waals surface area contributed by atoms with Gasteiger partial charge in [0.2, 0.25) is 0 Å². The van der Waals surface area contributed by atoms with Crippen molar-refractivity contribution in [2.45, 2.75) is 13.1 Å². The van der Waals surface area contributed by atoms with Crippen molar-refractivity contribution in [1.82, 2.24) is 10.3 Å².